The van der Waals surface area contributed by atoms with E-state index in [4.69, 9.17) is 0 Å². The van der Waals surface area contributed by atoms with E-state index in [1.807, 2.05) is 6.92 Å². The first-order valence-corrected chi connectivity index (χ1v) is 2.92. The maximum Gasteiger partial charge on any atom is 0.151 e. The molecule has 0 fully saturated rings. The van der Waals surface area contributed by atoms with Gasteiger partial charge in [0.15, 0.2) is 5.82 Å². The zero-order valence-corrected chi connectivity index (χ0v) is 5.41. The van der Waals surface area contributed by atoms with Crippen molar-refractivity contribution in [2.45, 2.75) is 19.9 Å². The SMILES string of the molecule is [CH2]Cc1nnnn1CC. The molecule has 0 atom stereocenters. The average molecular weight is 125 g/mol. The van der Waals surface area contributed by atoms with E-state index in [0.29, 0.717) is 6.42 Å². The molecule has 1 aromatic rings. The molecule has 4 heteroatoms. The third-order valence-corrected chi connectivity index (χ3v) is 1.13. The summed E-state index contributed by atoms with van der Waals surface area (Å²) in [4.78, 5) is 0. The Kier molecular flexibility index (Phi) is 1.77. The quantitative estimate of drug-likeness (QED) is 0.561. The van der Waals surface area contributed by atoms with Crippen LogP contribution in [0.4, 0.5) is 0 Å². The lowest BCUT2D eigenvalue weighted by Gasteiger charge is -1.93. The van der Waals surface area contributed by atoms with Gasteiger partial charge in [0.2, 0.25) is 0 Å². The largest absolute Gasteiger partial charge is 0.230 e. The lowest BCUT2D eigenvalue weighted by Crippen LogP contribution is -2.01. The number of hydrogen-bond acceptors (Lipinski definition) is 3. The second-order valence-electron chi connectivity index (χ2n) is 1.66. The van der Waals surface area contributed by atoms with Gasteiger partial charge in [0, 0.05) is 13.0 Å². The van der Waals surface area contributed by atoms with Gasteiger partial charge < -0.3 is 0 Å². The monoisotopic (exact) mass is 125 g/mol. The predicted octanol–water partition coefficient (Wildman–Crippen LogP) is 0.0696. The van der Waals surface area contributed by atoms with Crippen molar-refractivity contribution in [3.05, 3.63) is 12.7 Å². The number of hydrogen-bond donors (Lipinski definition) is 0. The lowest BCUT2D eigenvalue weighted by atomic mass is 10.4. The summed E-state index contributed by atoms with van der Waals surface area (Å²) in [6, 6.07) is 0. The second kappa shape index (κ2) is 2.57. The molecule has 1 rings (SSSR count). The highest BCUT2D eigenvalue weighted by Crippen LogP contribution is 1.89. The molecule has 0 unspecified atom stereocenters. The smallest absolute Gasteiger partial charge is 0.151 e. The van der Waals surface area contributed by atoms with E-state index in [1.165, 1.54) is 0 Å². The third-order valence-electron chi connectivity index (χ3n) is 1.13. The molecule has 0 aliphatic carbocycles. The van der Waals surface area contributed by atoms with E-state index in [2.05, 4.69) is 22.4 Å². The van der Waals surface area contributed by atoms with Crippen LogP contribution in [0.2, 0.25) is 0 Å². The summed E-state index contributed by atoms with van der Waals surface area (Å²) in [6.07, 6.45) is 0.654. The molecule has 0 aromatic carbocycles. The number of aryl methyl sites for hydroxylation is 1. The zero-order chi connectivity index (χ0) is 6.69. The Morgan fingerprint density at radius 2 is 2.44 bits per heavy atom. The Morgan fingerprint density at radius 3 is 2.89 bits per heavy atom. The average Bonchev–Trinajstić information content (AvgIpc) is 2.33. The van der Waals surface area contributed by atoms with Gasteiger partial charge in [-0.25, -0.2) is 4.68 Å². The van der Waals surface area contributed by atoms with Crippen molar-refractivity contribution in [2.75, 3.05) is 0 Å². The molecule has 0 saturated carbocycles. The zero-order valence-electron chi connectivity index (χ0n) is 5.41. The molecule has 1 radical (unpaired) electrons. The number of tetrazole rings is 1. The van der Waals surface area contributed by atoms with Gasteiger partial charge in [0.05, 0.1) is 0 Å². The molecule has 1 aromatic heterocycles. The fourth-order valence-corrected chi connectivity index (χ4v) is 0.648. The molecule has 0 aliphatic heterocycles. The van der Waals surface area contributed by atoms with Gasteiger partial charge >= 0.3 is 0 Å². The fourth-order valence-electron chi connectivity index (χ4n) is 0.648. The van der Waals surface area contributed by atoms with Gasteiger partial charge in [-0.05, 0) is 24.3 Å². The molecular weight excluding hydrogens is 116 g/mol. The van der Waals surface area contributed by atoms with E-state index in [1.54, 1.807) is 4.68 Å². The van der Waals surface area contributed by atoms with Crippen LogP contribution < -0.4 is 0 Å². The minimum absolute atomic E-state index is 0.654. The normalized spacial score (nSPS) is 10.0. The lowest BCUT2D eigenvalue weighted by molar-refractivity contribution is 0.605. The predicted molar refractivity (Wildman–Crippen MR) is 32.6 cm³/mol. The number of aromatic nitrogens is 4. The van der Waals surface area contributed by atoms with Crippen LogP contribution in [0, 0.1) is 6.92 Å². The highest BCUT2D eigenvalue weighted by molar-refractivity contribution is 4.80. The van der Waals surface area contributed by atoms with Gasteiger partial charge in [-0.1, -0.05) is 0 Å². The van der Waals surface area contributed by atoms with Gasteiger partial charge in [0.1, 0.15) is 0 Å². The maximum atomic E-state index is 3.74. The van der Waals surface area contributed by atoms with Gasteiger partial charge in [-0.2, -0.15) is 0 Å². The Morgan fingerprint density at radius 1 is 1.67 bits per heavy atom. The third kappa shape index (κ3) is 1.06. The van der Waals surface area contributed by atoms with Crippen molar-refractivity contribution in [1.29, 1.82) is 0 Å². The van der Waals surface area contributed by atoms with Crippen molar-refractivity contribution in [2.24, 2.45) is 0 Å². The number of nitrogens with zero attached hydrogens (tertiary/aromatic N) is 4. The summed E-state index contributed by atoms with van der Waals surface area (Å²) in [7, 11) is 0. The first kappa shape index (κ1) is 6.19. The number of rotatable bonds is 2. The maximum absolute atomic E-state index is 3.74. The van der Waals surface area contributed by atoms with Crippen LogP contribution in [-0.4, -0.2) is 20.2 Å². The highest BCUT2D eigenvalue weighted by Gasteiger charge is 1.97. The molecular formula is C5H9N4. The van der Waals surface area contributed by atoms with Crippen molar-refractivity contribution in [3.63, 3.8) is 0 Å². The second-order valence-corrected chi connectivity index (χ2v) is 1.66. The van der Waals surface area contributed by atoms with Crippen LogP contribution >= 0.6 is 0 Å². The van der Waals surface area contributed by atoms with E-state index >= 15 is 0 Å². The molecule has 49 valence electrons. The van der Waals surface area contributed by atoms with Crippen LogP contribution in [-0.2, 0) is 13.0 Å². The van der Waals surface area contributed by atoms with Crippen LogP contribution in [0.1, 0.15) is 12.7 Å². The minimum Gasteiger partial charge on any atom is -0.230 e. The Labute approximate surface area is 53.9 Å². The van der Waals surface area contributed by atoms with Crippen LogP contribution in [0.5, 0.6) is 0 Å². The molecule has 0 saturated heterocycles. The summed E-state index contributed by atoms with van der Waals surface area (Å²) in [5.74, 6) is 0.845. The van der Waals surface area contributed by atoms with Crippen molar-refractivity contribution in [1.82, 2.24) is 20.2 Å². The minimum atomic E-state index is 0.654. The van der Waals surface area contributed by atoms with E-state index in [9.17, 15) is 0 Å². The molecule has 1 heterocycles. The van der Waals surface area contributed by atoms with Gasteiger partial charge in [-0.3, -0.25) is 0 Å². The summed E-state index contributed by atoms with van der Waals surface area (Å²) in [5.41, 5.74) is 0. The fraction of sp³-hybridized carbons (Fsp3) is 0.600. The van der Waals surface area contributed by atoms with Crippen LogP contribution in [0.3, 0.4) is 0 Å². The van der Waals surface area contributed by atoms with Crippen LogP contribution in [0.25, 0.3) is 0 Å². The van der Waals surface area contributed by atoms with E-state index in [-0.39, 0.29) is 0 Å². The molecule has 0 amide bonds. The van der Waals surface area contributed by atoms with Crippen molar-refractivity contribution in [3.8, 4) is 0 Å². The molecule has 0 aliphatic rings. The summed E-state index contributed by atoms with van der Waals surface area (Å²) in [6.45, 7) is 6.49. The molecule has 0 spiro atoms. The standard InChI is InChI=1S/C5H9N4/c1-3-5-6-7-8-9(5)4-2/h1,3-4H2,2H3. The topological polar surface area (TPSA) is 43.6 Å². The Balaban J connectivity index is 2.85. The van der Waals surface area contributed by atoms with E-state index in [0.717, 1.165) is 12.4 Å². The summed E-state index contributed by atoms with van der Waals surface area (Å²) >= 11 is 0. The summed E-state index contributed by atoms with van der Waals surface area (Å²) in [5, 5.41) is 11.0. The van der Waals surface area contributed by atoms with Gasteiger partial charge in [-0.15, -0.1) is 5.10 Å². The Bertz CT molecular complexity index is 162. The molecule has 0 bridgehead atoms. The first-order chi connectivity index (χ1) is 4.38. The molecule has 4 nitrogen and oxygen atoms in total. The Hall–Kier alpha value is -0.930. The molecule has 0 N–H and O–H groups in total. The van der Waals surface area contributed by atoms with Crippen molar-refractivity contribution >= 4 is 0 Å². The first-order valence-electron chi connectivity index (χ1n) is 2.92. The highest BCUT2D eigenvalue weighted by atomic mass is 15.5. The molecule has 9 heavy (non-hydrogen) atoms. The summed E-state index contributed by atoms with van der Waals surface area (Å²) < 4.78 is 1.73. The van der Waals surface area contributed by atoms with Crippen LogP contribution in [0.15, 0.2) is 0 Å². The van der Waals surface area contributed by atoms with Crippen molar-refractivity contribution < 1.29 is 0 Å². The van der Waals surface area contributed by atoms with E-state index < -0.39 is 0 Å². The van der Waals surface area contributed by atoms with Gasteiger partial charge in [0.25, 0.3) is 0 Å².